The van der Waals surface area contributed by atoms with Crippen molar-refractivity contribution in [2.75, 3.05) is 25.5 Å². The third kappa shape index (κ3) is 5.73. The molecule has 3 saturated carbocycles. The van der Waals surface area contributed by atoms with E-state index >= 15 is 0 Å². The van der Waals surface area contributed by atoms with Crippen LogP contribution in [-0.2, 0) is 13.0 Å². The molecule has 1 unspecified atom stereocenters. The maximum absolute atomic E-state index is 14.4. The van der Waals surface area contributed by atoms with Gasteiger partial charge in [-0.15, -0.1) is 0 Å². The van der Waals surface area contributed by atoms with Crippen LogP contribution in [-0.4, -0.2) is 63.7 Å². The topological polar surface area (TPSA) is 96.7 Å². The summed E-state index contributed by atoms with van der Waals surface area (Å²) in [6.07, 6.45) is 4.28. The van der Waals surface area contributed by atoms with E-state index in [0.29, 0.717) is 70.5 Å². The van der Waals surface area contributed by atoms with Gasteiger partial charge in [-0.1, -0.05) is 26.8 Å². The number of piperazine rings is 1. The van der Waals surface area contributed by atoms with E-state index in [2.05, 4.69) is 55.1 Å². The Morgan fingerprint density at radius 2 is 1.93 bits per heavy atom. The SMILES string of the molecule is COc1ccc(CCn2cnc3nc(NC(=NC4C[C@@H]5C[C@H]([C@@H]4C)C5(C)C)N4C[C@@H](C)N[C@@H](C)C4)ccc3c2=O)c(F)c1. The molecule has 3 aromatic rings. The smallest absolute Gasteiger partial charge is 0.262 e. The number of rotatable bonds is 6. The molecule has 2 aromatic heterocycles. The second-order valence-electron chi connectivity index (χ2n) is 13.5. The Kier molecular flexibility index (Phi) is 7.91. The van der Waals surface area contributed by atoms with E-state index in [1.54, 1.807) is 18.2 Å². The molecule has 4 fully saturated rings. The number of ether oxygens (including phenoxy) is 1. The van der Waals surface area contributed by atoms with Crippen LogP contribution in [0.25, 0.3) is 11.0 Å². The summed E-state index contributed by atoms with van der Waals surface area (Å²) in [5.41, 5.74) is 1.09. The first kappa shape index (κ1) is 29.5. The zero-order valence-electron chi connectivity index (χ0n) is 26.1. The fourth-order valence-electron chi connectivity index (χ4n) is 7.63. The molecule has 1 aromatic carbocycles. The molecule has 7 rings (SSSR count). The fraction of sp³-hybridized carbons (Fsp3) is 0.576. The van der Waals surface area contributed by atoms with Crippen molar-refractivity contribution in [3.63, 3.8) is 0 Å². The first-order valence-electron chi connectivity index (χ1n) is 15.6. The second-order valence-corrected chi connectivity index (χ2v) is 13.5. The van der Waals surface area contributed by atoms with Crippen LogP contribution in [0.4, 0.5) is 10.2 Å². The normalized spacial score (nSPS) is 28.4. The van der Waals surface area contributed by atoms with Crippen LogP contribution in [0.2, 0.25) is 0 Å². The summed E-state index contributed by atoms with van der Waals surface area (Å²) in [6, 6.07) is 9.29. The Labute approximate surface area is 253 Å². The van der Waals surface area contributed by atoms with Gasteiger partial charge in [0.05, 0.1) is 24.9 Å². The minimum atomic E-state index is -0.354. The lowest BCUT2D eigenvalue weighted by molar-refractivity contribution is -0.108. The molecule has 230 valence electrons. The number of halogens is 1. The van der Waals surface area contributed by atoms with Crippen molar-refractivity contribution in [1.29, 1.82) is 0 Å². The number of aryl methyl sites for hydroxylation is 2. The van der Waals surface area contributed by atoms with E-state index in [4.69, 9.17) is 14.7 Å². The largest absolute Gasteiger partial charge is 0.497 e. The van der Waals surface area contributed by atoms with Gasteiger partial charge in [0.2, 0.25) is 0 Å². The van der Waals surface area contributed by atoms with Gasteiger partial charge >= 0.3 is 0 Å². The number of guanidine groups is 1. The number of pyridine rings is 1. The van der Waals surface area contributed by atoms with Crippen LogP contribution in [0.3, 0.4) is 0 Å². The van der Waals surface area contributed by atoms with Crippen LogP contribution in [0, 0.1) is 29.0 Å². The number of anilines is 1. The molecule has 9 nitrogen and oxygen atoms in total. The molecule has 0 radical (unpaired) electrons. The number of aliphatic imine (C=N–C) groups is 1. The van der Waals surface area contributed by atoms with Gasteiger partial charge in [0, 0.05) is 37.8 Å². The van der Waals surface area contributed by atoms with Gasteiger partial charge in [-0.05, 0) is 80.0 Å². The Morgan fingerprint density at radius 1 is 1.16 bits per heavy atom. The van der Waals surface area contributed by atoms with Gasteiger partial charge in [-0.2, -0.15) is 0 Å². The van der Waals surface area contributed by atoms with Gasteiger partial charge in [0.1, 0.15) is 17.4 Å². The third-order valence-electron chi connectivity index (χ3n) is 10.3. The number of hydrogen-bond donors (Lipinski definition) is 2. The van der Waals surface area contributed by atoms with Gasteiger partial charge < -0.3 is 20.3 Å². The maximum Gasteiger partial charge on any atom is 0.262 e. The molecule has 4 aliphatic rings. The number of hydrogen-bond acceptors (Lipinski definition) is 6. The van der Waals surface area contributed by atoms with Crippen molar-refractivity contribution in [2.45, 2.75) is 78.6 Å². The predicted molar refractivity (Wildman–Crippen MR) is 168 cm³/mol. The van der Waals surface area contributed by atoms with Crippen molar-refractivity contribution in [3.8, 4) is 5.75 Å². The molecule has 6 atom stereocenters. The molecule has 2 bridgehead atoms. The average Bonchev–Trinajstić information content (AvgIpc) is 2.97. The number of aromatic nitrogens is 3. The van der Waals surface area contributed by atoms with E-state index in [0.717, 1.165) is 31.4 Å². The quantitative estimate of drug-likeness (QED) is 0.318. The first-order chi connectivity index (χ1) is 20.5. The van der Waals surface area contributed by atoms with Crippen LogP contribution in [0.5, 0.6) is 5.75 Å². The Hall–Kier alpha value is -3.53. The summed E-state index contributed by atoms with van der Waals surface area (Å²) >= 11 is 0. The average molecular weight is 590 g/mol. The monoisotopic (exact) mass is 589 g/mol. The van der Waals surface area contributed by atoms with E-state index in [9.17, 15) is 9.18 Å². The van der Waals surface area contributed by atoms with Crippen molar-refractivity contribution in [2.24, 2.45) is 28.2 Å². The minimum Gasteiger partial charge on any atom is -0.497 e. The standard InChI is InChI=1S/C33H44FN7O2/c1-19-16-41(17-20(2)36-19)32(37-28-14-23-13-26(21(28)3)33(23,4)5)39-29-10-9-25-30(38-29)35-18-40(31(25)42)12-11-22-7-8-24(43-6)15-27(22)34/h7-10,15,18-21,23,26,28,36H,11-14,16-17H2,1-6H3,(H,37,38,39)/t19-,20+,21-,23-,26+,28?/m0/s1. The lowest BCUT2D eigenvalue weighted by Gasteiger charge is -2.61. The van der Waals surface area contributed by atoms with Crippen molar-refractivity contribution in [1.82, 2.24) is 24.8 Å². The number of nitrogens with one attached hydrogen (secondary N) is 2. The third-order valence-corrected chi connectivity index (χ3v) is 10.3. The molecule has 0 spiro atoms. The summed E-state index contributed by atoms with van der Waals surface area (Å²) in [7, 11) is 1.50. The lowest BCUT2D eigenvalue weighted by atomic mass is 9.45. The number of fused-ring (bicyclic) bond motifs is 3. The highest BCUT2D eigenvalue weighted by Gasteiger charge is 2.56. The van der Waals surface area contributed by atoms with E-state index in [1.807, 2.05) is 6.07 Å². The molecular weight excluding hydrogens is 545 g/mol. The molecule has 43 heavy (non-hydrogen) atoms. The Morgan fingerprint density at radius 3 is 2.60 bits per heavy atom. The molecule has 0 amide bonds. The predicted octanol–water partition coefficient (Wildman–Crippen LogP) is 4.70. The maximum atomic E-state index is 14.4. The van der Waals surface area contributed by atoms with Crippen molar-refractivity contribution < 1.29 is 9.13 Å². The molecule has 1 aliphatic heterocycles. The zero-order valence-corrected chi connectivity index (χ0v) is 26.1. The van der Waals surface area contributed by atoms with Crippen molar-refractivity contribution >= 4 is 22.8 Å². The molecule has 2 N–H and O–H groups in total. The van der Waals surface area contributed by atoms with E-state index in [1.165, 1.54) is 30.5 Å². The summed E-state index contributed by atoms with van der Waals surface area (Å²) in [5, 5.41) is 7.57. The number of benzene rings is 1. The van der Waals surface area contributed by atoms with Crippen LogP contribution >= 0.6 is 0 Å². The molecule has 10 heteroatoms. The van der Waals surface area contributed by atoms with Crippen LogP contribution < -0.4 is 20.9 Å². The molecule has 1 saturated heterocycles. The van der Waals surface area contributed by atoms with Gasteiger partial charge in [-0.3, -0.25) is 9.36 Å². The highest BCUT2D eigenvalue weighted by atomic mass is 19.1. The van der Waals surface area contributed by atoms with Crippen LogP contribution in [0.15, 0.2) is 46.4 Å². The number of nitrogens with zero attached hydrogens (tertiary/aromatic N) is 5. The fourth-order valence-corrected chi connectivity index (χ4v) is 7.63. The van der Waals surface area contributed by atoms with E-state index in [-0.39, 0.29) is 17.4 Å². The van der Waals surface area contributed by atoms with Crippen LogP contribution in [0.1, 0.15) is 53.0 Å². The Balaban J connectivity index is 1.23. The lowest BCUT2D eigenvalue weighted by Crippen LogP contribution is -2.59. The second kappa shape index (κ2) is 11.5. The van der Waals surface area contributed by atoms with Gasteiger partial charge in [0.25, 0.3) is 5.56 Å². The van der Waals surface area contributed by atoms with Gasteiger partial charge in [-0.25, -0.2) is 19.4 Å². The zero-order chi connectivity index (χ0) is 30.5. The summed E-state index contributed by atoms with van der Waals surface area (Å²) in [6.45, 7) is 13.6. The minimum absolute atomic E-state index is 0.200. The molecular formula is C33H44FN7O2. The summed E-state index contributed by atoms with van der Waals surface area (Å²) in [5.74, 6) is 3.51. The summed E-state index contributed by atoms with van der Waals surface area (Å²) in [4.78, 5) is 30.2. The highest BCUT2D eigenvalue weighted by molar-refractivity contribution is 5.94. The Bertz CT molecular complexity index is 1580. The molecule has 3 aliphatic carbocycles. The highest BCUT2D eigenvalue weighted by Crippen LogP contribution is 2.61. The van der Waals surface area contributed by atoms with Crippen molar-refractivity contribution in [3.05, 3.63) is 58.4 Å². The number of methoxy groups -OCH3 is 1. The molecule has 3 heterocycles. The summed E-state index contributed by atoms with van der Waals surface area (Å²) < 4.78 is 21.0. The van der Waals surface area contributed by atoms with E-state index < -0.39 is 0 Å². The van der Waals surface area contributed by atoms with Gasteiger partial charge in [0.15, 0.2) is 11.6 Å². The first-order valence-corrected chi connectivity index (χ1v) is 15.6.